The van der Waals surface area contributed by atoms with Crippen LogP contribution < -0.4 is 5.32 Å². The van der Waals surface area contributed by atoms with Crippen molar-refractivity contribution >= 4 is 5.82 Å². The zero-order valence-electron chi connectivity index (χ0n) is 14.6. The minimum Gasteiger partial charge on any atom is -0.370 e. The molecule has 0 saturated carbocycles. The molecule has 0 radical (unpaired) electrons. The van der Waals surface area contributed by atoms with Gasteiger partial charge in [0.25, 0.3) is 0 Å². The van der Waals surface area contributed by atoms with E-state index in [1.165, 1.54) is 24.2 Å². The number of rotatable bonds is 5. The van der Waals surface area contributed by atoms with Crippen LogP contribution in [0.2, 0.25) is 0 Å². The molecule has 0 aromatic carbocycles. The molecule has 1 aliphatic heterocycles. The largest absolute Gasteiger partial charge is 0.370 e. The molecule has 5 heteroatoms. The smallest absolute Gasteiger partial charge is 0.126 e. The lowest BCUT2D eigenvalue weighted by atomic mass is 10.1. The molecule has 2 aromatic rings. The van der Waals surface area contributed by atoms with Gasteiger partial charge in [0, 0.05) is 43.6 Å². The molecule has 2 aromatic heterocycles. The van der Waals surface area contributed by atoms with Gasteiger partial charge in [0.05, 0.1) is 5.69 Å². The van der Waals surface area contributed by atoms with E-state index in [9.17, 15) is 0 Å². The van der Waals surface area contributed by atoms with E-state index in [1.54, 1.807) is 0 Å². The van der Waals surface area contributed by atoms with Crippen LogP contribution in [0.25, 0.3) is 0 Å². The van der Waals surface area contributed by atoms with E-state index in [2.05, 4.69) is 40.2 Å². The molecule has 1 atom stereocenters. The Bertz CT molecular complexity index is 676. The molecule has 0 aliphatic carbocycles. The van der Waals surface area contributed by atoms with E-state index in [4.69, 9.17) is 0 Å². The molecular formula is C18H27N5. The lowest BCUT2D eigenvalue weighted by Crippen LogP contribution is -2.23. The van der Waals surface area contributed by atoms with Gasteiger partial charge in [0.2, 0.25) is 0 Å². The number of pyridine rings is 1. The highest BCUT2D eigenvalue weighted by Gasteiger charge is 2.24. The Morgan fingerprint density at radius 1 is 1.26 bits per heavy atom. The van der Waals surface area contributed by atoms with E-state index < -0.39 is 0 Å². The number of anilines is 1. The van der Waals surface area contributed by atoms with Crippen LogP contribution in [0.15, 0.2) is 18.2 Å². The molecule has 0 spiro atoms. The van der Waals surface area contributed by atoms with Crippen molar-refractivity contribution in [3.05, 3.63) is 40.8 Å². The first-order chi connectivity index (χ1) is 11.0. The van der Waals surface area contributed by atoms with Crippen molar-refractivity contribution in [2.75, 3.05) is 25.0 Å². The quantitative estimate of drug-likeness (QED) is 0.922. The van der Waals surface area contributed by atoms with Crippen LogP contribution in [0.5, 0.6) is 0 Å². The zero-order valence-corrected chi connectivity index (χ0v) is 14.6. The van der Waals surface area contributed by atoms with E-state index in [1.807, 2.05) is 30.8 Å². The van der Waals surface area contributed by atoms with Gasteiger partial charge in [-0.1, -0.05) is 6.07 Å². The second-order valence-corrected chi connectivity index (χ2v) is 6.71. The number of hydrogen-bond acceptors (Lipinski definition) is 4. The highest BCUT2D eigenvalue weighted by Crippen LogP contribution is 2.22. The van der Waals surface area contributed by atoms with Gasteiger partial charge in [-0.15, -0.1) is 0 Å². The zero-order chi connectivity index (χ0) is 16.4. The lowest BCUT2D eigenvalue weighted by Gasteiger charge is -2.17. The number of nitrogens with one attached hydrogen (secondary N) is 1. The number of aromatic nitrogens is 3. The summed E-state index contributed by atoms with van der Waals surface area (Å²) in [7, 11) is 2.03. The third-order valence-corrected chi connectivity index (χ3v) is 4.87. The molecule has 1 N–H and O–H groups in total. The van der Waals surface area contributed by atoms with Crippen molar-refractivity contribution in [3.63, 3.8) is 0 Å². The highest BCUT2D eigenvalue weighted by atomic mass is 15.3. The molecule has 3 heterocycles. The fraction of sp³-hybridized carbons (Fsp3) is 0.556. The number of aryl methyl sites for hydroxylation is 3. The molecule has 1 fully saturated rings. The maximum atomic E-state index is 4.53. The second kappa shape index (κ2) is 6.71. The highest BCUT2D eigenvalue weighted by molar-refractivity contribution is 5.35. The first-order valence-corrected chi connectivity index (χ1v) is 8.42. The van der Waals surface area contributed by atoms with Crippen molar-refractivity contribution in [2.45, 2.75) is 33.7 Å². The molecule has 0 amide bonds. The first kappa shape index (κ1) is 16.0. The summed E-state index contributed by atoms with van der Waals surface area (Å²) in [4.78, 5) is 7.06. The lowest BCUT2D eigenvalue weighted by molar-refractivity contribution is 0.317. The van der Waals surface area contributed by atoms with Gasteiger partial charge in [-0.3, -0.25) is 9.58 Å². The molecule has 1 aliphatic rings. The molecule has 23 heavy (non-hydrogen) atoms. The summed E-state index contributed by atoms with van der Waals surface area (Å²) in [6, 6.07) is 6.13. The summed E-state index contributed by atoms with van der Waals surface area (Å²) in [5, 5.41) is 8.01. The van der Waals surface area contributed by atoms with Crippen LogP contribution in [-0.4, -0.2) is 39.3 Å². The number of likely N-dealkylation sites (tertiary alicyclic amines) is 1. The van der Waals surface area contributed by atoms with Crippen LogP contribution in [0.4, 0.5) is 5.82 Å². The first-order valence-electron chi connectivity index (χ1n) is 8.42. The third-order valence-electron chi connectivity index (χ3n) is 4.87. The summed E-state index contributed by atoms with van der Waals surface area (Å²) in [6.45, 7) is 10.6. The van der Waals surface area contributed by atoms with Crippen molar-refractivity contribution in [2.24, 2.45) is 13.0 Å². The molecular weight excluding hydrogens is 286 g/mol. The molecule has 0 unspecified atom stereocenters. The minimum absolute atomic E-state index is 0.689. The van der Waals surface area contributed by atoms with Crippen molar-refractivity contribution in [1.82, 2.24) is 19.7 Å². The van der Waals surface area contributed by atoms with E-state index >= 15 is 0 Å². The maximum absolute atomic E-state index is 4.53. The topological polar surface area (TPSA) is 46.0 Å². The third kappa shape index (κ3) is 3.72. The second-order valence-electron chi connectivity index (χ2n) is 6.71. The Labute approximate surface area is 138 Å². The predicted molar refractivity (Wildman–Crippen MR) is 93.5 cm³/mol. The normalized spacial score (nSPS) is 18.5. The van der Waals surface area contributed by atoms with Gasteiger partial charge >= 0.3 is 0 Å². The molecule has 124 valence electrons. The number of nitrogens with zero attached hydrogens (tertiary/aromatic N) is 4. The maximum Gasteiger partial charge on any atom is 0.126 e. The van der Waals surface area contributed by atoms with Gasteiger partial charge in [-0.25, -0.2) is 4.98 Å². The van der Waals surface area contributed by atoms with E-state index in [-0.39, 0.29) is 0 Å². The number of hydrogen-bond donors (Lipinski definition) is 1. The van der Waals surface area contributed by atoms with E-state index in [0.29, 0.717) is 5.92 Å². The summed E-state index contributed by atoms with van der Waals surface area (Å²) >= 11 is 0. The van der Waals surface area contributed by atoms with Gasteiger partial charge in [0.1, 0.15) is 5.82 Å². The van der Waals surface area contributed by atoms with Crippen LogP contribution in [0, 0.1) is 26.7 Å². The fourth-order valence-electron chi connectivity index (χ4n) is 3.38. The Hall–Kier alpha value is -1.88. The average Bonchev–Trinajstić information content (AvgIpc) is 3.06. The monoisotopic (exact) mass is 313 g/mol. The van der Waals surface area contributed by atoms with Crippen molar-refractivity contribution in [1.29, 1.82) is 0 Å². The van der Waals surface area contributed by atoms with Crippen molar-refractivity contribution < 1.29 is 0 Å². The van der Waals surface area contributed by atoms with Gasteiger partial charge in [-0.2, -0.15) is 5.10 Å². The van der Waals surface area contributed by atoms with Gasteiger partial charge in [-0.05, 0) is 51.8 Å². The average molecular weight is 313 g/mol. The van der Waals surface area contributed by atoms with Crippen LogP contribution >= 0.6 is 0 Å². The molecule has 3 rings (SSSR count). The predicted octanol–water partition coefficient (Wildman–Crippen LogP) is 2.67. The van der Waals surface area contributed by atoms with Crippen molar-refractivity contribution in [3.8, 4) is 0 Å². The molecule has 0 bridgehead atoms. The van der Waals surface area contributed by atoms with Crippen LogP contribution in [0.3, 0.4) is 0 Å². The summed E-state index contributed by atoms with van der Waals surface area (Å²) in [5.74, 6) is 1.68. The summed E-state index contributed by atoms with van der Waals surface area (Å²) in [5.41, 5.74) is 4.90. The fourth-order valence-corrected chi connectivity index (χ4v) is 3.38. The van der Waals surface area contributed by atoms with Gasteiger partial charge < -0.3 is 5.32 Å². The van der Waals surface area contributed by atoms with Crippen LogP contribution in [0.1, 0.15) is 29.1 Å². The molecule has 1 saturated heterocycles. The van der Waals surface area contributed by atoms with E-state index in [0.717, 1.165) is 36.8 Å². The van der Waals surface area contributed by atoms with Gasteiger partial charge in [0.15, 0.2) is 0 Å². The Morgan fingerprint density at radius 3 is 2.78 bits per heavy atom. The van der Waals surface area contributed by atoms with Crippen LogP contribution in [-0.2, 0) is 13.6 Å². The Morgan fingerprint density at radius 2 is 2.09 bits per heavy atom. The Kier molecular flexibility index (Phi) is 4.66. The SMILES string of the molecule is Cc1cccc(NC[C@H]2CCN(Cc3c(C)nn(C)c3C)C2)n1. The standard InChI is InChI=1S/C18H27N5/c1-13-6-5-7-18(20-13)19-10-16-8-9-23(11-16)12-17-14(2)21-22(4)15(17)3/h5-7,16H,8-12H2,1-4H3,(H,19,20)/t16-/m1/s1. The minimum atomic E-state index is 0.689. The summed E-state index contributed by atoms with van der Waals surface area (Å²) < 4.78 is 1.99. The molecule has 5 nitrogen and oxygen atoms in total. The summed E-state index contributed by atoms with van der Waals surface area (Å²) in [6.07, 6.45) is 1.25. The Balaban J connectivity index is 1.52.